The number of benzene rings is 2. The van der Waals surface area contributed by atoms with E-state index < -0.39 is 20.5 Å². The van der Waals surface area contributed by atoms with Crippen molar-refractivity contribution < 1.29 is 18.3 Å². The number of hydrogen-bond acceptors (Lipinski definition) is 4. The minimum Gasteiger partial charge on any atom is -0.508 e. The third-order valence-corrected chi connectivity index (χ3v) is 8.09. The van der Waals surface area contributed by atoms with Gasteiger partial charge in [-0.15, -0.1) is 0 Å². The van der Waals surface area contributed by atoms with E-state index in [9.17, 15) is 18.3 Å². The molecule has 28 heavy (non-hydrogen) atoms. The van der Waals surface area contributed by atoms with Crippen LogP contribution in [0.3, 0.4) is 0 Å². The van der Waals surface area contributed by atoms with Gasteiger partial charge in [-0.3, -0.25) is 4.79 Å². The molecule has 3 rings (SSSR count). The fourth-order valence-corrected chi connectivity index (χ4v) is 5.94. The lowest BCUT2D eigenvalue weighted by molar-refractivity contribution is -0.123. The molecule has 1 fully saturated rings. The van der Waals surface area contributed by atoms with Crippen molar-refractivity contribution in [3.05, 3.63) is 59.1 Å². The first kappa shape index (κ1) is 20.7. The summed E-state index contributed by atoms with van der Waals surface area (Å²) in [4.78, 5) is 13.1. The van der Waals surface area contributed by atoms with Gasteiger partial charge in [0.25, 0.3) is 0 Å². The van der Waals surface area contributed by atoms with Crippen LogP contribution < -0.4 is 5.32 Å². The molecule has 1 aliphatic carbocycles. The maximum absolute atomic E-state index is 13.3. The van der Waals surface area contributed by atoms with Crippen LogP contribution in [0, 0.1) is 0 Å². The zero-order valence-electron chi connectivity index (χ0n) is 15.5. The zero-order chi connectivity index (χ0) is 20.2. The molecule has 2 aromatic rings. The second-order valence-corrected chi connectivity index (χ2v) is 9.88. The maximum Gasteiger partial charge on any atom is 0.241 e. The van der Waals surface area contributed by atoms with Gasteiger partial charge < -0.3 is 10.4 Å². The molecule has 5 nitrogen and oxygen atoms in total. The molecule has 150 valence electrons. The van der Waals surface area contributed by atoms with Gasteiger partial charge in [0.1, 0.15) is 5.75 Å². The third kappa shape index (κ3) is 4.18. The lowest BCUT2D eigenvalue weighted by atomic mass is 10.1. The molecule has 0 saturated heterocycles. The number of aromatic hydroxyl groups is 1. The Morgan fingerprint density at radius 1 is 1.04 bits per heavy atom. The van der Waals surface area contributed by atoms with Gasteiger partial charge in [-0.05, 0) is 67.6 Å². The van der Waals surface area contributed by atoms with E-state index in [1.54, 1.807) is 12.1 Å². The standard InChI is InChI=1S/C21H24ClNO4S/c22-17-7-11-19(12-8-17)28(26,27)21(13-1-2-14-21)20(25)23-15-3-4-16-5-9-18(24)10-6-16/h5-12,24H,1-4,13-15H2,(H,23,25). The zero-order valence-corrected chi connectivity index (χ0v) is 17.1. The molecule has 1 saturated carbocycles. The summed E-state index contributed by atoms with van der Waals surface area (Å²) < 4.78 is 25.1. The molecule has 0 bridgehead atoms. The smallest absolute Gasteiger partial charge is 0.241 e. The van der Waals surface area contributed by atoms with Gasteiger partial charge in [-0.2, -0.15) is 0 Å². The summed E-state index contributed by atoms with van der Waals surface area (Å²) in [6.07, 6.45) is 3.52. The predicted octanol–water partition coefficient (Wildman–Crippen LogP) is 3.88. The Morgan fingerprint density at radius 2 is 1.64 bits per heavy atom. The van der Waals surface area contributed by atoms with Crippen LogP contribution in [0.25, 0.3) is 0 Å². The minimum absolute atomic E-state index is 0.137. The van der Waals surface area contributed by atoms with E-state index in [0.29, 0.717) is 43.7 Å². The first-order chi connectivity index (χ1) is 13.3. The second-order valence-electron chi connectivity index (χ2n) is 7.18. The van der Waals surface area contributed by atoms with Gasteiger partial charge in [-0.1, -0.05) is 36.6 Å². The molecule has 0 aromatic heterocycles. The molecule has 0 atom stereocenters. The van der Waals surface area contributed by atoms with Gasteiger partial charge in [-0.25, -0.2) is 8.42 Å². The van der Waals surface area contributed by atoms with E-state index in [4.69, 9.17) is 11.6 Å². The third-order valence-electron chi connectivity index (χ3n) is 5.33. The van der Waals surface area contributed by atoms with Gasteiger partial charge in [0, 0.05) is 11.6 Å². The Labute approximate surface area is 170 Å². The number of carbonyl (C=O) groups excluding carboxylic acids is 1. The van der Waals surface area contributed by atoms with Crippen LogP contribution in [0.2, 0.25) is 5.02 Å². The summed E-state index contributed by atoms with van der Waals surface area (Å²) in [5, 5.41) is 12.6. The molecule has 7 heteroatoms. The molecule has 2 N–H and O–H groups in total. The lowest BCUT2D eigenvalue weighted by Crippen LogP contribution is -2.50. The van der Waals surface area contributed by atoms with Crippen LogP contribution in [0.15, 0.2) is 53.4 Å². The number of aryl methyl sites for hydroxylation is 1. The number of sulfone groups is 1. The fraction of sp³-hybridized carbons (Fsp3) is 0.381. The number of hydrogen-bond donors (Lipinski definition) is 2. The van der Waals surface area contributed by atoms with Crippen LogP contribution >= 0.6 is 11.6 Å². The van der Waals surface area contributed by atoms with Gasteiger partial charge in [0.15, 0.2) is 14.6 Å². The van der Waals surface area contributed by atoms with E-state index in [2.05, 4.69) is 5.32 Å². The highest BCUT2D eigenvalue weighted by atomic mass is 35.5. The lowest BCUT2D eigenvalue weighted by Gasteiger charge is -2.27. The molecule has 1 aliphatic rings. The Balaban J connectivity index is 1.68. The molecule has 0 spiro atoms. The van der Waals surface area contributed by atoms with E-state index in [0.717, 1.165) is 12.0 Å². The molecular weight excluding hydrogens is 398 g/mol. The fourth-order valence-electron chi connectivity index (χ4n) is 3.72. The number of phenolic OH excluding ortho intramolecular Hbond substituents is 1. The number of amides is 1. The van der Waals surface area contributed by atoms with Crippen LogP contribution in [-0.4, -0.2) is 30.7 Å². The Morgan fingerprint density at radius 3 is 2.25 bits per heavy atom. The van der Waals surface area contributed by atoms with E-state index in [-0.39, 0.29) is 10.6 Å². The molecule has 0 radical (unpaired) electrons. The van der Waals surface area contributed by atoms with Crippen molar-refractivity contribution >= 4 is 27.3 Å². The average molecular weight is 422 g/mol. The van der Waals surface area contributed by atoms with Crippen molar-refractivity contribution in [1.82, 2.24) is 5.32 Å². The van der Waals surface area contributed by atoms with E-state index in [1.807, 2.05) is 12.1 Å². The number of carbonyl (C=O) groups is 1. The number of rotatable bonds is 7. The second kappa shape index (κ2) is 8.53. The maximum atomic E-state index is 13.3. The quantitative estimate of drug-likeness (QED) is 0.664. The Bertz CT molecular complexity index is 918. The van der Waals surface area contributed by atoms with E-state index in [1.165, 1.54) is 24.3 Å². The van der Waals surface area contributed by atoms with Gasteiger partial charge in [0.2, 0.25) is 5.91 Å². The van der Waals surface area contributed by atoms with Crippen LogP contribution in [0.4, 0.5) is 0 Å². The number of nitrogens with one attached hydrogen (secondary N) is 1. The van der Waals surface area contributed by atoms with Crippen molar-refractivity contribution in [3.63, 3.8) is 0 Å². The summed E-state index contributed by atoms with van der Waals surface area (Å²) >= 11 is 5.87. The molecule has 2 aromatic carbocycles. The van der Waals surface area contributed by atoms with Crippen molar-refractivity contribution in [2.24, 2.45) is 0 Å². The Hall–Kier alpha value is -2.05. The minimum atomic E-state index is -3.81. The molecule has 0 unspecified atom stereocenters. The van der Waals surface area contributed by atoms with Crippen molar-refractivity contribution in [2.45, 2.75) is 48.2 Å². The van der Waals surface area contributed by atoms with Crippen LogP contribution in [0.5, 0.6) is 5.75 Å². The summed E-state index contributed by atoms with van der Waals surface area (Å²) in [6.45, 7) is 0.400. The first-order valence-corrected chi connectivity index (χ1v) is 11.3. The summed E-state index contributed by atoms with van der Waals surface area (Å²) in [6, 6.07) is 12.9. The average Bonchev–Trinajstić information content (AvgIpc) is 3.19. The largest absolute Gasteiger partial charge is 0.508 e. The molecular formula is C21H24ClNO4S. The summed E-state index contributed by atoms with van der Waals surface area (Å²) in [7, 11) is -3.81. The molecule has 1 amide bonds. The van der Waals surface area contributed by atoms with Crippen LogP contribution in [0.1, 0.15) is 37.7 Å². The normalized spacial score (nSPS) is 16.0. The SMILES string of the molecule is O=C(NCCCc1ccc(O)cc1)C1(S(=O)(=O)c2ccc(Cl)cc2)CCCC1. The number of phenols is 1. The predicted molar refractivity (Wildman–Crippen MR) is 109 cm³/mol. The molecule has 0 aliphatic heterocycles. The topological polar surface area (TPSA) is 83.5 Å². The monoisotopic (exact) mass is 421 g/mol. The van der Waals surface area contributed by atoms with Crippen molar-refractivity contribution in [1.29, 1.82) is 0 Å². The molecule has 0 heterocycles. The van der Waals surface area contributed by atoms with Crippen LogP contribution in [-0.2, 0) is 21.1 Å². The number of halogens is 1. The van der Waals surface area contributed by atoms with Crippen molar-refractivity contribution in [2.75, 3.05) is 6.54 Å². The van der Waals surface area contributed by atoms with Gasteiger partial charge in [0.05, 0.1) is 4.90 Å². The Kier molecular flexibility index (Phi) is 6.30. The first-order valence-electron chi connectivity index (χ1n) is 9.42. The summed E-state index contributed by atoms with van der Waals surface area (Å²) in [5.74, 6) is -0.196. The highest BCUT2D eigenvalue weighted by molar-refractivity contribution is 7.93. The highest BCUT2D eigenvalue weighted by Gasteiger charge is 2.52. The summed E-state index contributed by atoms with van der Waals surface area (Å²) in [5.41, 5.74) is 1.05. The van der Waals surface area contributed by atoms with Crippen molar-refractivity contribution in [3.8, 4) is 5.75 Å². The highest BCUT2D eigenvalue weighted by Crippen LogP contribution is 2.41. The van der Waals surface area contributed by atoms with E-state index >= 15 is 0 Å². The van der Waals surface area contributed by atoms with Gasteiger partial charge >= 0.3 is 0 Å².